The van der Waals surface area contributed by atoms with E-state index in [1.807, 2.05) is 18.2 Å². The van der Waals surface area contributed by atoms with Crippen molar-refractivity contribution < 1.29 is 9.57 Å². The Morgan fingerprint density at radius 3 is 2.16 bits per heavy atom. The number of oxime groups is 1. The highest BCUT2D eigenvalue weighted by molar-refractivity contribution is 5.96. The van der Waals surface area contributed by atoms with Gasteiger partial charge in [0.1, 0.15) is 5.41 Å². The smallest absolute Gasteiger partial charge is 0.313 e. The lowest BCUT2D eigenvalue weighted by Gasteiger charge is -2.34. The quantitative estimate of drug-likeness (QED) is 0.672. The maximum absolute atomic E-state index is 9.79. The minimum absolute atomic E-state index is 0.451. The predicted molar refractivity (Wildman–Crippen MR) is 86.6 cm³/mol. The Hall–Kier alpha value is -3.37. The Balaban J connectivity index is 2.34. The fourth-order valence-corrected chi connectivity index (χ4v) is 3.92. The molecule has 0 unspecified atom stereocenters. The van der Waals surface area contributed by atoms with Crippen molar-refractivity contribution in [1.82, 2.24) is 0 Å². The van der Waals surface area contributed by atoms with Crippen LogP contribution < -0.4 is 0 Å². The van der Waals surface area contributed by atoms with Crippen molar-refractivity contribution in [1.29, 1.82) is 21.2 Å². The molecule has 7 nitrogen and oxygen atoms in total. The first-order chi connectivity index (χ1) is 11.8. The number of rotatable bonds is 3. The molecule has 1 aliphatic carbocycles. The first-order valence-electron chi connectivity index (χ1n) is 7.60. The van der Waals surface area contributed by atoms with E-state index in [9.17, 15) is 15.8 Å². The lowest BCUT2D eigenvalue weighted by atomic mass is 9.83. The minimum atomic E-state index is -1.77. The zero-order chi connectivity index (χ0) is 18.5. The standard InChI is InChI=1S/C18H15N5O2/c1-12(2)23-25-18(13-7-5-4-6-8-13)15(3)16(9-19,10-20)17(15,11-21)14(22)24-18/h4-8,22H,1-3H3/t15-,17-,18+/m1/s1. The van der Waals surface area contributed by atoms with Gasteiger partial charge in [-0.15, -0.1) is 0 Å². The highest BCUT2D eigenvalue weighted by Gasteiger charge is 3.03. The average Bonchev–Trinajstić information content (AvgIpc) is 3.05. The van der Waals surface area contributed by atoms with Crippen LogP contribution >= 0.6 is 0 Å². The third-order valence-electron chi connectivity index (χ3n) is 5.26. The molecular formula is C18H15N5O2. The van der Waals surface area contributed by atoms with Crippen molar-refractivity contribution in [3.8, 4) is 18.2 Å². The van der Waals surface area contributed by atoms with E-state index < -0.39 is 27.9 Å². The zero-order valence-electron chi connectivity index (χ0n) is 14.0. The van der Waals surface area contributed by atoms with Gasteiger partial charge in [-0.3, -0.25) is 5.41 Å². The number of ether oxygens (including phenoxy) is 1. The second-order valence-corrected chi connectivity index (χ2v) is 6.50. The first kappa shape index (κ1) is 16.5. The van der Waals surface area contributed by atoms with Crippen LogP contribution in [0, 0.1) is 55.6 Å². The van der Waals surface area contributed by atoms with E-state index >= 15 is 0 Å². The summed E-state index contributed by atoms with van der Waals surface area (Å²) in [6, 6.07) is 14.6. The molecule has 1 aliphatic heterocycles. The molecule has 0 bridgehead atoms. The van der Waals surface area contributed by atoms with Crippen LogP contribution in [0.25, 0.3) is 0 Å². The van der Waals surface area contributed by atoms with Gasteiger partial charge in [-0.25, -0.2) is 0 Å². The SMILES string of the molecule is CC(C)=NO[C@]1(c2ccccc2)OC(=N)[C@@]2(C#N)C(C#N)(C#N)[C@@]12C. The highest BCUT2D eigenvalue weighted by Crippen LogP contribution is 2.87. The molecule has 25 heavy (non-hydrogen) atoms. The summed E-state index contributed by atoms with van der Waals surface area (Å²) in [5.41, 5.74) is -3.82. The molecule has 3 atom stereocenters. The van der Waals surface area contributed by atoms with Gasteiger partial charge in [-0.05, 0) is 20.8 Å². The summed E-state index contributed by atoms with van der Waals surface area (Å²) in [4.78, 5) is 5.72. The second kappa shape index (κ2) is 4.82. The van der Waals surface area contributed by atoms with Crippen molar-refractivity contribution in [2.24, 2.45) is 21.4 Å². The Morgan fingerprint density at radius 1 is 1.12 bits per heavy atom. The summed E-state index contributed by atoms with van der Waals surface area (Å²) in [5, 5.41) is 41.5. The predicted octanol–water partition coefficient (Wildman–Crippen LogP) is 2.82. The van der Waals surface area contributed by atoms with Gasteiger partial charge in [0.25, 0.3) is 0 Å². The average molecular weight is 333 g/mol. The van der Waals surface area contributed by atoms with Crippen LogP contribution in [0.2, 0.25) is 0 Å². The van der Waals surface area contributed by atoms with Crippen molar-refractivity contribution in [3.63, 3.8) is 0 Å². The second-order valence-electron chi connectivity index (χ2n) is 6.50. The number of nitriles is 3. The lowest BCUT2D eigenvalue weighted by molar-refractivity contribution is -0.236. The van der Waals surface area contributed by atoms with E-state index in [4.69, 9.17) is 15.0 Å². The number of fused-ring (bicyclic) bond motifs is 1. The molecule has 0 amide bonds. The van der Waals surface area contributed by atoms with Crippen LogP contribution in [-0.4, -0.2) is 11.6 Å². The molecular weight excluding hydrogens is 318 g/mol. The molecule has 7 heteroatoms. The van der Waals surface area contributed by atoms with Crippen molar-refractivity contribution in [3.05, 3.63) is 35.9 Å². The van der Waals surface area contributed by atoms with Gasteiger partial charge in [0.05, 0.1) is 23.9 Å². The first-order valence-corrected chi connectivity index (χ1v) is 7.60. The Morgan fingerprint density at radius 2 is 1.72 bits per heavy atom. The summed E-state index contributed by atoms with van der Waals surface area (Å²) in [6.07, 6.45) is 0. The van der Waals surface area contributed by atoms with Crippen LogP contribution in [0.3, 0.4) is 0 Å². The van der Waals surface area contributed by atoms with E-state index in [0.29, 0.717) is 11.3 Å². The fraction of sp³-hybridized carbons (Fsp3) is 0.389. The van der Waals surface area contributed by atoms with Crippen molar-refractivity contribution >= 4 is 11.6 Å². The number of benzene rings is 1. The Labute approximate surface area is 145 Å². The van der Waals surface area contributed by atoms with Gasteiger partial charge in [0.2, 0.25) is 5.90 Å². The van der Waals surface area contributed by atoms with E-state index in [1.54, 1.807) is 51.1 Å². The number of nitrogens with zero attached hydrogens (tertiary/aromatic N) is 4. The summed E-state index contributed by atoms with van der Waals surface area (Å²) in [7, 11) is 0. The maximum atomic E-state index is 9.79. The van der Waals surface area contributed by atoms with Gasteiger partial charge >= 0.3 is 5.79 Å². The number of hydrogen-bond acceptors (Lipinski definition) is 7. The topological polar surface area (TPSA) is 126 Å². The molecule has 1 saturated heterocycles. The van der Waals surface area contributed by atoms with Gasteiger partial charge in [-0.1, -0.05) is 35.5 Å². The largest absolute Gasteiger partial charge is 0.431 e. The lowest BCUT2D eigenvalue weighted by Crippen LogP contribution is -2.41. The molecule has 124 valence electrons. The summed E-state index contributed by atoms with van der Waals surface area (Å²) >= 11 is 0. The normalized spacial score (nSPS) is 33.7. The number of nitrogens with one attached hydrogen (secondary N) is 1. The third kappa shape index (κ3) is 1.44. The summed E-state index contributed by atoms with van der Waals surface area (Å²) in [5.74, 6) is -2.17. The molecule has 1 saturated carbocycles. The molecule has 0 radical (unpaired) electrons. The molecule has 3 rings (SSSR count). The Bertz CT molecular complexity index is 902. The van der Waals surface area contributed by atoms with E-state index in [0.717, 1.165) is 0 Å². The molecule has 1 aromatic carbocycles. The van der Waals surface area contributed by atoms with Crippen LogP contribution in [0.4, 0.5) is 0 Å². The fourth-order valence-electron chi connectivity index (χ4n) is 3.92. The number of hydrogen-bond donors (Lipinski definition) is 1. The van der Waals surface area contributed by atoms with Gasteiger partial charge in [-0.2, -0.15) is 15.8 Å². The summed E-state index contributed by atoms with van der Waals surface area (Å²) in [6.45, 7) is 5.00. The third-order valence-corrected chi connectivity index (χ3v) is 5.26. The van der Waals surface area contributed by atoms with E-state index in [1.165, 1.54) is 0 Å². The van der Waals surface area contributed by atoms with E-state index in [2.05, 4.69) is 5.16 Å². The molecule has 1 aromatic rings. The molecule has 1 N–H and O–H groups in total. The van der Waals surface area contributed by atoms with Crippen LogP contribution in [-0.2, 0) is 15.4 Å². The van der Waals surface area contributed by atoms with Gasteiger partial charge in [0.15, 0.2) is 10.8 Å². The van der Waals surface area contributed by atoms with Crippen LogP contribution in [0.5, 0.6) is 0 Å². The van der Waals surface area contributed by atoms with Crippen molar-refractivity contribution in [2.75, 3.05) is 0 Å². The molecule has 0 spiro atoms. The minimum Gasteiger partial charge on any atom is -0.431 e. The monoisotopic (exact) mass is 333 g/mol. The zero-order valence-corrected chi connectivity index (χ0v) is 14.0. The Kier molecular flexibility index (Phi) is 3.18. The van der Waals surface area contributed by atoms with Crippen LogP contribution in [0.15, 0.2) is 35.5 Å². The summed E-state index contributed by atoms with van der Waals surface area (Å²) < 4.78 is 5.73. The van der Waals surface area contributed by atoms with Crippen LogP contribution in [0.1, 0.15) is 26.3 Å². The van der Waals surface area contributed by atoms with Crippen molar-refractivity contribution in [2.45, 2.75) is 26.6 Å². The van der Waals surface area contributed by atoms with Gasteiger partial charge in [0, 0.05) is 5.56 Å². The molecule has 2 fully saturated rings. The molecule has 0 aromatic heterocycles. The van der Waals surface area contributed by atoms with E-state index in [-0.39, 0.29) is 0 Å². The maximum Gasteiger partial charge on any atom is 0.313 e. The molecule has 2 aliphatic rings. The highest BCUT2D eigenvalue weighted by atomic mass is 16.8. The van der Waals surface area contributed by atoms with Gasteiger partial charge < -0.3 is 9.57 Å². The molecule has 1 heterocycles.